The van der Waals surface area contributed by atoms with Crippen molar-refractivity contribution in [1.82, 2.24) is 9.55 Å². The number of nitrogens with zero attached hydrogens (tertiary/aromatic N) is 2. The molecule has 0 bridgehead atoms. The molecule has 1 aliphatic rings. The maximum atomic E-state index is 13.5. The minimum Gasteiger partial charge on any atom is -0.453 e. The number of rotatable bonds is 8. The van der Waals surface area contributed by atoms with Crippen LogP contribution in [-0.2, 0) is 16.1 Å². The lowest BCUT2D eigenvalue weighted by Gasteiger charge is -2.26. The molecular formula is C26H28N4O5. The largest absolute Gasteiger partial charge is 0.453 e. The molecule has 35 heavy (non-hydrogen) atoms. The van der Waals surface area contributed by atoms with Crippen LogP contribution in [0.5, 0.6) is 0 Å². The molecule has 0 aliphatic carbocycles. The molecule has 3 N–H and O–H groups in total. The van der Waals surface area contributed by atoms with Crippen molar-refractivity contribution in [2.45, 2.75) is 39.3 Å². The van der Waals surface area contributed by atoms with Crippen LogP contribution in [0.2, 0.25) is 0 Å². The highest BCUT2D eigenvalue weighted by atomic mass is 16.5. The highest BCUT2D eigenvalue weighted by Crippen LogP contribution is 2.34. The zero-order valence-electron chi connectivity index (χ0n) is 19.7. The summed E-state index contributed by atoms with van der Waals surface area (Å²) >= 11 is 0. The summed E-state index contributed by atoms with van der Waals surface area (Å²) in [7, 11) is 0. The van der Waals surface area contributed by atoms with E-state index < -0.39 is 29.2 Å². The number of aromatic amines is 1. The minimum atomic E-state index is -0.761. The van der Waals surface area contributed by atoms with Gasteiger partial charge in [-0.25, -0.2) is 9.59 Å². The van der Waals surface area contributed by atoms with Gasteiger partial charge in [0.05, 0.1) is 18.5 Å². The van der Waals surface area contributed by atoms with Crippen LogP contribution in [0, 0.1) is 5.92 Å². The van der Waals surface area contributed by atoms with Gasteiger partial charge in [-0.05, 0) is 24.0 Å². The zero-order chi connectivity index (χ0) is 25.1. The number of ether oxygens (including phenoxy) is 1. The van der Waals surface area contributed by atoms with E-state index in [0.717, 1.165) is 5.56 Å². The molecule has 9 heteroatoms. The number of carbonyl (C=O) groups is 2. The van der Waals surface area contributed by atoms with Crippen LogP contribution in [0.15, 0.2) is 64.2 Å². The van der Waals surface area contributed by atoms with E-state index in [1.165, 1.54) is 9.47 Å². The average molecular weight is 477 g/mol. The van der Waals surface area contributed by atoms with E-state index in [1.807, 2.05) is 44.2 Å². The monoisotopic (exact) mass is 476 g/mol. The Labute approximate surface area is 202 Å². The van der Waals surface area contributed by atoms with Crippen LogP contribution in [0.3, 0.4) is 0 Å². The average Bonchev–Trinajstić information content (AvgIpc) is 3.14. The van der Waals surface area contributed by atoms with Gasteiger partial charge in [0, 0.05) is 12.1 Å². The molecule has 0 spiro atoms. The second kappa shape index (κ2) is 10.0. The van der Waals surface area contributed by atoms with Crippen molar-refractivity contribution in [3.63, 3.8) is 0 Å². The Morgan fingerprint density at radius 3 is 2.49 bits per heavy atom. The maximum Gasteiger partial charge on any atom is 0.339 e. The van der Waals surface area contributed by atoms with Gasteiger partial charge in [-0.15, -0.1) is 0 Å². The number of amides is 1. The van der Waals surface area contributed by atoms with Crippen molar-refractivity contribution >= 4 is 23.4 Å². The molecule has 0 radical (unpaired) electrons. The quantitative estimate of drug-likeness (QED) is 0.481. The van der Waals surface area contributed by atoms with E-state index >= 15 is 0 Å². The molecule has 9 nitrogen and oxygen atoms in total. The number of hydrogen-bond donors (Lipinski definition) is 2. The molecule has 0 fully saturated rings. The number of fused-ring (bicyclic) bond motifs is 1. The Bertz CT molecular complexity index is 1360. The number of carbonyl (C=O) groups excluding carboxylic acids is 2. The first-order chi connectivity index (χ1) is 16.8. The van der Waals surface area contributed by atoms with Gasteiger partial charge < -0.3 is 15.4 Å². The molecule has 182 valence electrons. The Kier molecular flexibility index (Phi) is 6.86. The SMILES string of the molecule is CC(C)CCN(C(=O)C[C@H]1OC(=O)c2ccccc21)c1c(N)n(Cc2ccccc2)c(=O)[nH]c1=O. The van der Waals surface area contributed by atoms with Crippen LogP contribution in [0.1, 0.15) is 54.3 Å². The first kappa shape index (κ1) is 24.0. The van der Waals surface area contributed by atoms with Crippen molar-refractivity contribution in [3.8, 4) is 0 Å². The number of benzene rings is 2. The fourth-order valence-corrected chi connectivity index (χ4v) is 4.15. The predicted molar refractivity (Wildman–Crippen MR) is 132 cm³/mol. The third-order valence-electron chi connectivity index (χ3n) is 6.04. The molecule has 3 aromatic rings. The van der Waals surface area contributed by atoms with Gasteiger partial charge in [0.25, 0.3) is 5.56 Å². The molecule has 0 saturated carbocycles. The number of nitrogens with two attached hydrogens (primary N) is 1. The fraction of sp³-hybridized carbons (Fsp3) is 0.308. The number of nitrogen functional groups attached to an aromatic ring is 1. The van der Waals surface area contributed by atoms with E-state index in [9.17, 15) is 19.2 Å². The molecule has 1 amide bonds. The van der Waals surface area contributed by atoms with Gasteiger partial charge in [0.1, 0.15) is 11.9 Å². The van der Waals surface area contributed by atoms with Crippen molar-refractivity contribution in [2.75, 3.05) is 17.2 Å². The van der Waals surface area contributed by atoms with E-state index in [-0.39, 0.29) is 36.9 Å². The van der Waals surface area contributed by atoms with E-state index in [1.54, 1.807) is 24.3 Å². The first-order valence-electron chi connectivity index (χ1n) is 11.5. The number of anilines is 2. The summed E-state index contributed by atoms with van der Waals surface area (Å²) in [4.78, 5) is 54.9. The summed E-state index contributed by atoms with van der Waals surface area (Å²) in [6, 6.07) is 16.1. The van der Waals surface area contributed by atoms with Crippen LogP contribution < -0.4 is 21.9 Å². The molecule has 2 aromatic carbocycles. The summed E-state index contributed by atoms with van der Waals surface area (Å²) in [6.45, 7) is 4.36. The Balaban J connectivity index is 1.70. The summed E-state index contributed by atoms with van der Waals surface area (Å²) < 4.78 is 6.68. The molecular weight excluding hydrogens is 448 g/mol. The Hall–Kier alpha value is -4.14. The van der Waals surface area contributed by atoms with Crippen molar-refractivity contribution < 1.29 is 14.3 Å². The smallest absolute Gasteiger partial charge is 0.339 e. The molecule has 1 aliphatic heterocycles. The normalized spacial score (nSPS) is 14.6. The second-order valence-corrected chi connectivity index (χ2v) is 8.98. The summed E-state index contributed by atoms with van der Waals surface area (Å²) in [5.41, 5.74) is 6.74. The Morgan fingerprint density at radius 1 is 1.09 bits per heavy atom. The number of aromatic nitrogens is 2. The molecule has 0 saturated heterocycles. The van der Waals surface area contributed by atoms with Gasteiger partial charge in [-0.2, -0.15) is 0 Å². The topological polar surface area (TPSA) is 127 Å². The van der Waals surface area contributed by atoms with Crippen molar-refractivity contribution in [2.24, 2.45) is 5.92 Å². The highest BCUT2D eigenvalue weighted by Gasteiger charge is 2.34. The summed E-state index contributed by atoms with van der Waals surface area (Å²) in [5.74, 6) is -0.766. The molecule has 2 heterocycles. The first-order valence-corrected chi connectivity index (χ1v) is 11.5. The molecule has 1 atom stereocenters. The lowest BCUT2D eigenvalue weighted by atomic mass is 10.0. The predicted octanol–water partition coefficient (Wildman–Crippen LogP) is 2.85. The Morgan fingerprint density at radius 2 is 1.77 bits per heavy atom. The van der Waals surface area contributed by atoms with Crippen LogP contribution in [0.4, 0.5) is 11.5 Å². The number of H-pyrrole nitrogens is 1. The minimum absolute atomic E-state index is 0.0798. The highest BCUT2D eigenvalue weighted by molar-refractivity contribution is 5.98. The number of cyclic esters (lactones) is 1. The number of hydrogen-bond acceptors (Lipinski definition) is 6. The lowest BCUT2D eigenvalue weighted by molar-refractivity contribution is -0.120. The van der Waals surface area contributed by atoms with Crippen molar-refractivity contribution in [1.29, 1.82) is 0 Å². The fourth-order valence-electron chi connectivity index (χ4n) is 4.15. The third-order valence-corrected chi connectivity index (χ3v) is 6.04. The molecule has 0 unspecified atom stereocenters. The van der Waals surface area contributed by atoms with Crippen LogP contribution >= 0.6 is 0 Å². The second-order valence-electron chi connectivity index (χ2n) is 8.98. The van der Waals surface area contributed by atoms with E-state index in [0.29, 0.717) is 17.5 Å². The van der Waals surface area contributed by atoms with Crippen LogP contribution in [-0.4, -0.2) is 28.0 Å². The summed E-state index contributed by atoms with van der Waals surface area (Å²) in [5, 5.41) is 0. The van der Waals surface area contributed by atoms with Gasteiger partial charge in [0.2, 0.25) is 5.91 Å². The third kappa shape index (κ3) is 5.03. The molecule has 4 rings (SSSR count). The van der Waals surface area contributed by atoms with Gasteiger partial charge in [-0.1, -0.05) is 62.4 Å². The van der Waals surface area contributed by atoms with Crippen molar-refractivity contribution in [3.05, 3.63) is 92.1 Å². The van der Waals surface area contributed by atoms with Gasteiger partial charge in [-0.3, -0.25) is 19.1 Å². The maximum absolute atomic E-state index is 13.5. The summed E-state index contributed by atoms with van der Waals surface area (Å²) in [6.07, 6.45) is -0.315. The zero-order valence-corrected chi connectivity index (χ0v) is 19.7. The standard InChI is InChI=1S/C26H28N4O5/c1-16(2)12-13-29(21(31)14-20-18-10-6-7-11-19(18)25(33)35-20)22-23(27)30(26(34)28-24(22)32)15-17-8-4-3-5-9-17/h3-11,16,20H,12-15,27H2,1-2H3,(H,28,32,34)/t20-/m1/s1. The number of nitrogens with one attached hydrogen (secondary N) is 1. The van der Waals surface area contributed by atoms with Crippen LogP contribution in [0.25, 0.3) is 0 Å². The number of esters is 1. The lowest BCUT2D eigenvalue weighted by Crippen LogP contribution is -2.42. The molecule has 1 aromatic heterocycles. The van der Waals surface area contributed by atoms with E-state index in [4.69, 9.17) is 10.5 Å². The van der Waals surface area contributed by atoms with Gasteiger partial charge in [0.15, 0.2) is 5.69 Å². The van der Waals surface area contributed by atoms with E-state index in [2.05, 4.69) is 4.98 Å². The van der Waals surface area contributed by atoms with Gasteiger partial charge >= 0.3 is 11.7 Å².